The van der Waals surface area contributed by atoms with E-state index in [1.54, 1.807) is 30.3 Å². The number of amides is 1. The number of carbonyl (C=O) groups excluding carboxylic acids is 1. The van der Waals surface area contributed by atoms with Crippen molar-refractivity contribution in [1.29, 1.82) is 0 Å². The molecule has 0 aliphatic heterocycles. The fourth-order valence-electron chi connectivity index (χ4n) is 2.62. The maximum absolute atomic E-state index is 12.7. The molecule has 3 rings (SSSR count). The van der Waals surface area contributed by atoms with Crippen LogP contribution in [0.25, 0.3) is 0 Å². The van der Waals surface area contributed by atoms with Crippen LogP contribution in [-0.4, -0.2) is 13.0 Å². The van der Waals surface area contributed by atoms with Gasteiger partial charge in [0.05, 0.1) is 22.3 Å². The van der Waals surface area contributed by atoms with Crippen LogP contribution in [0.4, 0.5) is 5.69 Å². The van der Waals surface area contributed by atoms with Crippen LogP contribution in [0.3, 0.4) is 0 Å². The topological polar surface area (TPSA) is 47.6 Å². The summed E-state index contributed by atoms with van der Waals surface area (Å²) in [5.41, 5.74) is 3.02. The van der Waals surface area contributed by atoms with Gasteiger partial charge >= 0.3 is 0 Å². The molecule has 4 nitrogen and oxygen atoms in total. The van der Waals surface area contributed by atoms with Gasteiger partial charge in [-0.2, -0.15) is 0 Å². The van der Waals surface area contributed by atoms with E-state index in [-0.39, 0.29) is 5.91 Å². The van der Waals surface area contributed by atoms with E-state index in [4.69, 9.17) is 32.7 Å². The van der Waals surface area contributed by atoms with Crippen molar-refractivity contribution in [1.82, 2.24) is 0 Å². The molecule has 0 fully saturated rings. The molecule has 150 valence electrons. The third kappa shape index (κ3) is 5.44. The van der Waals surface area contributed by atoms with Crippen LogP contribution in [0.2, 0.25) is 10.0 Å². The molecular weight excluding hydrogens is 477 g/mol. The molecule has 29 heavy (non-hydrogen) atoms. The Kier molecular flexibility index (Phi) is 7.06. The number of rotatable bonds is 6. The predicted octanol–water partition coefficient (Wildman–Crippen LogP) is 6.90. The van der Waals surface area contributed by atoms with Crippen molar-refractivity contribution >= 4 is 50.7 Å². The van der Waals surface area contributed by atoms with Crippen LogP contribution in [0.1, 0.15) is 21.5 Å². The number of anilines is 1. The van der Waals surface area contributed by atoms with Gasteiger partial charge in [0.1, 0.15) is 6.61 Å². The van der Waals surface area contributed by atoms with E-state index in [2.05, 4.69) is 21.2 Å². The maximum atomic E-state index is 12.7. The zero-order chi connectivity index (χ0) is 21.0. The van der Waals surface area contributed by atoms with Gasteiger partial charge in [0.2, 0.25) is 0 Å². The summed E-state index contributed by atoms with van der Waals surface area (Å²) < 4.78 is 12.0. The molecule has 1 N–H and O–H groups in total. The third-order valence-corrected chi connectivity index (χ3v) is 5.33. The lowest BCUT2D eigenvalue weighted by Crippen LogP contribution is -2.13. The lowest BCUT2D eigenvalue weighted by molar-refractivity contribution is 0.102. The monoisotopic (exact) mass is 493 g/mol. The Labute approximate surface area is 187 Å². The van der Waals surface area contributed by atoms with Crippen molar-refractivity contribution in [3.63, 3.8) is 0 Å². The average molecular weight is 495 g/mol. The Balaban J connectivity index is 1.80. The highest BCUT2D eigenvalue weighted by Gasteiger charge is 2.17. The van der Waals surface area contributed by atoms with E-state index in [0.717, 1.165) is 5.56 Å². The Morgan fingerprint density at radius 2 is 1.79 bits per heavy atom. The highest BCUT2D eigenvalue weighted by atomic mass is 79.9. The summed E-state index contributed by atoms with van der Waals surface area (Å²) in [5.74, 6) is 0.609. The summed E-state index contributed by atoms with van der Waals surface area (Å²) in [4.78, 5) is 12.7. The summed E-state index contributed by atoms with van der Waals surface area (Å²) in [5, 5.41) is 3.63. The van der Waals surface area contributed by atoms with Gasteiger partial charge in [0.25, 0.3) is 5.91 Å². The van der Waals surface area contributed by atoms with E-state index in [1.807, 2.05) is 31.2 Å². The molecular formula is C22H18BrCl2NO3. The molecule has 0 heterocycles. The van der Waals surface area contributed by atoms with Gasteiger partial charge in [0.15, 0.2) is 11.5 Å². The second-order valence-electron chi connectivity index (χ2n) is 6.34. The smallest absolute Gasteiger partial charge is 0.255 e. The number of aryl methyl sites for hydroxylation is 1. The number of ether oxygens (including phenoxy) is 2. The zero-order valence-corrected chi connectivity index (χ0v) is 18.9. The number of hydrogen-bond acceptors (Lipinski definition) is 3. The molecule has 0 saturated heterocycles. The van der Waals surface area contributed by atoms with E-state index in [1.165, 1.54) is 12.7 Å². The molecule has 0 aromatic heterocycles. The van der Waals surface area contributed by atoms with Gasteiger partial charge in [0, 0.05) is 10.6 Å². The Hall–Kier alpha value is -2.21. The number of carbonyl (C=O) groups is 1. The summed E-state index contributed by atoms with van der Waals surface area (Å²) in [6.45, 7) is 2.41. The van der Waals surface area contributed by atoms with Crippen LogP contribution in [0, 0.1) is 6.92 Å². The Morgan fingerprint density at radius 1 is 1.07 bits per heavy atom. The summed E-state index contributed by atoms with van der Waals surface area (Å²) in [6, 6.07) is 16.2. The van der Waals surface area contributed by atoms with Crippen molar-refractivity contribution in [3.05, 3.63) is 85.8 Å². The van der Waals surface area contributed by atoms with E-state index < -0.39 is 0 Å². The van der Waals surface area contributed by atoms with Crippen molar-refractivity contribution in [3.8, 4) is 11.5 Å². The molecule has 0 unspecified atom stereocenters. The first-order chi connectivity index (χ1) is 13.9. The average Bonchev–Trinajstić information content (AvgIpc) is 2.70. The lowest BCUT2D eigenvalue weighted by Gasteiger charge is -2.15. The van der Waals surface area contributed by atoms with Crippen LogP contribution in [0.5, 0.6) is 11.5 Å². The molecule has 3 aromatic carbocycles. The molecule has 0 saturated carbocycles. The summed E-state index contributed by atoms with van der Waals surface area (Å²) in [7, 11) is 1.52. The highest BCUT2D eigenvalue weighted by molar-refractivity contribution is 9.10. The molecule has 0 aliphatic rings. The van der Waals surface area contributed by atoms with Crippen LogP contribution >= 0.6 is 39.1 Å². The van der Waals surface area contributed by atoms with Gasteiger partial charge in [-0.3, -0.25) is 4.79 Å². The Bertz CT molecular complexity index is 1040. The molecule has 0 spiro atoms. The first-order valence-corrected chi connectivity index (χ1v) is 10.2. The van der Waals surface area contributed by atoms with Crippen LogP contribution in [-0.2, 0) is 6.61 Å². The SMILES string of the molecule is COc1cc(C(=O)Nc2cc(Cl)ccc2Cl)cc(Br)c1OCc1ccc(C)cc1. The van der Waals surface area contributed by atoms with Gasteiger partial charge in [-0.15, -0.1) is 0 Å². The zero-order valence-electron chi connectivity index (χ0n) is 15.8. The lowest BCUT2D eigenvalue weighted by atomic mass is 10.1. The first kappa shape index (κ1) is 21.5. The van der Waals surface area contributed by atoms with Crippen LogP contribution < -0.4 is 14.8 Å². The van der Waals surface area contributed by atoms with Gasteiger partial charge in [-0.05, 0) is 58.7 Å². The van der Waals surface area contributed by atoms with Crippen LogP contribution in [0.15, 0.2) is 59.1 Å². The normalized spacial score (nSPS) is 10.5. The molecule has 3 aromatic rings. The first-order valence-electron chi connectivity index (χ1n) is 8.69. The molecule has 0 aliphatic carbocycles. The predicted molar refractivity (Wildman–Crippen MR) is 121 cm³/mol. The summed E-state index contributed by atoms with van der Waals surface area (Å²) in [6.07, 6.45) is 0. The number of methoxy groups -OCH3 is 1. The third-order valence-electron chi connectivity index (χ3n) is 4.17. The highest BCUT2D eigenvalue weighted by Crippen LogP contribution is 2.37. The largest absolute Gasteiger partial charge is 0.493 e. The second-order valence-corrected chi connectivity index (χ2v) is 8.04. The minimum absolute atomic E-state index is 0.349. The van der Waals surface area contributed by atoms with E-state index in [0.29, 0.717) is 43.9 Å². The molecule has 7 heteroatoms. The standard InChI is InChI=1S/C22H18BrCl2NO3/c1-13-3-5-14(6-4-13)12-29-21-17(23)9-15(10-20(21)28-2)22(27)26-19-11-16(24)7-8-18(19)25/h3-11H,12H2,1-2H3,(H,26,27). The van der Waals surface area contributed by atoms with Crippen molar-refractivity contribution in [2.24, 2.45) is 0 Å². The van der Waals surface area contributed by atoms with E-state index in [9.17, 15) is 4.79 Å². The number of halogens is 3. The number of nitrogens with one attached hydrogen (secondary N) is 1. The van der Waals surface area contributed by atoms with Crippen molar-refractivity contribution < 1.29 is 14.3 Å². The minimum Gasteiger partial charge on any atom is -0.493 e. The van der Waals surface area contributed by atoms with Gasteiger partial charge < -0.3 is 14.8 Å². The maximum Gasteiger partial charge on any atom is 0.255 e. The second kappa shape index (κ2) is 9.53. The fourth-order valence-corrected chi connectivity index (χ4v) is 3.51. The minimum atomic E-state index is -0.349. The van der Waals surface area contributed by atoms with Crippen molar-refractivity contribution in [2.75, 3.05) is 12.4 Å². The van der Waals surface area contributed by atoms with Gasteiger partial charge in [-0.25, -0.2) is 0 Å². The molecule has 0 atom stereocenters. The van der Waals surface area contributed by atoms with Gasteiger partial charge in [-0.1, -0.05) is 53.0 Å². The molecule has 1 amide bonds. The molecule has 0 bridgehead atoms. The molecule has 0 radical (unpaired) electrons. The quantitative estimate of drug-likeness (QED) is 0.405. The fraction of sp³-hybridized carbons (Fsp3) is 0.136. The Morgan fingerprint density at radius 3 is 2.48 bits per heavy atom. The van der Waals surface area contributed by atoms with E-state index >= 15 is 0 Å². The number of benzene rings is 3. The number of hydrogen-bond donors (Lipinski definition) is 1. The van der Waals surface area contributed by atoms with Crippen molar-refractivity contribution in [2.45, 2.75) is 13.5 Å². The summed E-state index contributed by atoms with van der Waals surface area (Å²) >= 11 is 15.6.